The predicted molar refractivity (Wildman–Crippen MR) is 65.9 cm³/mol. The number of nitrogens with one attached hydrogen (secondary N) is 2. The molecular formula is C10H17F3N2O3S. The lowest BCUT2D eigenvalue weighted by Gasteiger charge is -2.20. The number of alkyl halides is 3. The molecule has 2 amide bonds. The van der Waals surface area contributed by atoms with Crippen molar-refractivity contribution in [3.8, 4) is 0 Å². The molecule has 0 aromatic carbocycles. The third-order valence-corrected chi connectivity index (χ3v) is 3.15. The van der Waals surface area contributed by atoms with E-state index >= 15 is 0 Å². The van der Waals surface area contributed by atoms with Gasteiger partial charge in [0.05, 0.1) is 0 Å². The molecule has 3 N–H and O–H groups in total. The average molecular weight is 302 g/mol. The van der Waals surface area contributed by atoms with E-state index in [1.807, 2.05) is 0 Å². The van der Waals surface area contributed by atoms with Crippen molar-refractivity contribution in [1.29, 1.82) is 0 Å². The second-order valence-corrected chi connectivity index (χ2v) is 5.06. The van der Waals surface area contributed by atoms with Gasteiger partial charge in [-0.3, -0.25) is 0 Å². The van der Waals surface area contributed by atoms with Gasteiger partial charge >= 0.3 is 17.5 Å². The number of aliphatic carboxylic acids is 1. The smallest absolute Gasteiger partial charge is 0.441 e. The molecule has 2 atom stereocenters. The largest absolute Gasteiger partial charge is 0.480 e. The number of carbonyl (C=O) groups is 2. The summed E-state index contributed by atoms with van der Waals surface area (Å²) in [4.78, 5) is 22.2. The molecule has 0 spiro atoms. The first-order valence-electron chi connectivity index (χ1n) is 5.65. The van der Waals surface area contributed by atoms with E-state index in [1.165, 1.54) is 0 Å². The van der Waals surface area contributed by atoms with Crippen molar-refractivity contribution in [2.45, 2.75) is 31.8 Å². The molecule has 0 aliphatic carbocycles. The van der Waals surface area contributed by atoms with E-state index in [2.05, 4.69) is 10.6 Å². The number of carbonyl (C=O) groups excluding carboxylic acids is 1. The maximum atomic E-state index is 11.8. The third kappa shape index (κ3) is 8.57. The highest BCUT2D eigenvalue weighted by atomic mass is 32.2. The minimum absolute atomic E-state index is 0.192. The highest BCUT2D eigenvalue weighted by molar-refractivity contribution is 8.00. The molecular weight excluding hydrogens is 285 g/mol. The Morgan fingerprint density at radius 3 is 2.37 bits per heavy atom. The van der Waals surface area contributed by atoms with Crippen LogP contribution < -0.4 is 10.6 Å². The Labute approximate surface area is 113 Å². The van der Waals surface area contributed by atoms with E-state index in [0.717, 1.165) is 0 Å². The molecule has 0 aromatic heterocycles. The number of hydrogen-bond acceptors (Lipinski definition) is 3. The lowest BCUT2D eigenvalue weighted by atomic mass is 9.99. The Hall–Kier alpha value is -1.12. The van der Waals surface area contributed by atoms with Crippen LogP contribution in [-0.2, 0) is 4.79 Å². The maximum absolute atomic E-state index is 11.8. The molecule has 112 valence electrons. The van der Waals surface area contributed by atoms with Crippen LogP contribution >= 0.6 is 11.8 Å². The minimum Gasteiger partial charge on any atom is -0.480 e. The van der Waals surface area contributed by atoms with Crippen LogP contribution in [0.15, 0.2) is 0 Å². The van der Waals surface area contributed by atoms with Crippen LogP contribution in [0.25, 0.3) is 0 Å². The van der Waals surface area contributed by atoms with Gasteiger partial charge in [0.1, 0.15) is 6.04 Å². The Kier molecular flexibility index (Phi) is 7.65. The van der Waals surface area contributed by atoms with E-state index in [-0.39, 0.29) is 30.0 Å². The van der Waals surface area contributed by atoms with Crippen molar-refractivity contribution < 1.29 is 27.9 Å². The summed E-state index contributed by atoms with van der Waals surface area (Å²) in [5.74, 6) is -1.76. The lowest BCUT2D eigenvalue weighted by molar-refractivity contribution is -0.140. The summed E-state index contributed by atoms with van der Waals surface area (Å²) in [7, 11) is 0. The summed E-state index contributed by atoms with van der Waals surface area (Å²) < 4.78 is 35.4. The maximum Gasteiger partial charge on any atom is 0.441 e. The zero-order valence-electron chi connectivity index (χ0n) is 10.6. The number of carboxylic acid groups (broad SMARTS) is 1. The topological polar surface area (TPSA) is 78.4 Å². The monoisotopic (exact) mass is 302 g/mol. The van der Waals surface area contributed by atoms with Gasteiger partial charge in [0, 0.05) is 12.3 Å². The van der Waals surface area contributed by atoms with Crippen LogP contribution in [0.4, 0.5) is 18.0 Å². The van der Waals surface area contributed by atoms with Gasteiger partial charge in [0.25, 0.3) is 0 Å². The van der Waals surface area contributed by atoms with Crippen LogP contribution in [-0.4, -0.2) is 41.0 Å². The molecule has 0 heterocycles. The highest BCUT2D eigenvalue weighted by Gasteiger charge is 2.28. The van der Waals surface area contributed by atoms with Gasteiger partial charge in [-0.25, -0.2) is 9.59 Å². The van der Waals surface area contributed by atoms with Gasteiger partial charge in [-0.05, 0) is 17.7 Å². The quantitative estimate of drug-likeness (QED) is 0.629. The molecule has 0 aromatic rings. The zero-order valence-corrected chi connectivity index (χ0v) is 11.4. The van der Waals surface area contributed by atoms with Gasteiger partial charge in [0.2, 0.25) is 0 Å². The molecule has 0 aliphatic heterocycles. The number of rotatable bonds is 7. The number of amides is 2. The van der Waals surface area contributed by atoms with Crippen molar-refractivity contribution in [3.63, 3.8) is 0 Å². The average Bonchev–Trinajstić information content (AvgIpc) is 2.29. The first-order valence-corrected chi connectivity index (χ1v) is 6.63. The molecule has 0 saturated carbocycles. The van der Waals surface area contributed by atoms with E-state index in [9.17, 15) is 22.8 Å². The molecule has 0 bridgehead atoms. The van der Waals surface area contributed by atoms with Crippen molar-refractivity contribution in [3.05, 3.63) is 0 Å². The molecule has 0 saturated heterocycles. The molecule has 0 fully saturated rings. The molecule has 9 heteroatoms. The van der Waals surface area contributed by atoms with Gasteiger partial charge in [-0.1, -0.05) is 20.3 Å². The summed E-state index contributed by atoms with van der Waals surface area (Å²) in [5.41, 5.74) is -4.33. The zero-order chi connectivity index (χ0) is 15.1. The fourth-order valence-corrected chi connectivity index (χ4v) is 1.64. The molecule has 0 aliphatic rings. The second-order valence-electron chi connectivity index (χ2n) is 3.90. The Morgan fingerprint density at radius 1 is 1.37 bits per heavy atom. The summed E-state index contributed by atoms with van der Waals surface area (Å²) in [6, 6.07) is -1.84. The Balaban J connectivity index is 4.04. The van der Waals surface area contributed by atoms with Crippen molar-refractivity contribution in [1.82, 2.24) is 10.6 Å². The Morgan fingerprint density at radius 2 is 1.95 bits per heavy atom. The summed E-state index contributed by atoms with van der Waals surface area (Å²) in [6.45, 7) is 3.25. The van der Waals surface area contributed by atoms with E-state index in [1.54, 1.807) is 13.8 Å². The van der Waals surface area contributed by atoms with Crippen LogP contribution in [0.3, 0.4) is 0 Å². The van der Waals surface area contributed by atoms with Crippen LogP contribution in [0.5, 0.6) is 0 Å². The summed E-state index contributed by atoms with van der Waals surface area (Å²) in [6.07, 6.45) is 0.557. The molecule has 0 radical (unpaired) electrons. The van der Waals surface area contributed by atoms with Crippen LogP contribution in [0.1, 0.15) is 20.3 Å². The number of thioether (sulfide) groups is 1. The van der Waals surface area contributed by atoms with Gasteiger partial charge in [-0.2, -0.15) is 13.2 Å². The second kappa shape index (κ2) is 8.13. The van der Waals surface area contributed by atoms with Crippen LogP contribution in [0.2, 0.25) is 0 Å². The normalized spacial score (nSPS) is 14.6. The fourth-order valence-electron chi connectivity index (χ4n) is 1.21. The van der Waals surface area contributed by atoms with Crippen molar-refractivity contribution in [2.75, 3.05) is 12.3 Å². The summed E-state index contributed by atoms with van der Waals surface area (Å²) in [5, 5.41) is 13.3. The standard InChI is InChI=1S/C10H17F3N2O3S/c1-3-6(2)7(8(16)17)15-9(18)14-4-5-19-10(11,12)13/h6-7H,3-5H2,1-2H3,(H,16,17)(H2,14,15,18)/t6?,7-/m0/s1. The number of carboxylic acids is 1. The molecule has 5 nitrogen and oxygen atoms in total. The van der Waals surface area contributed by atoms with Crippen molar-refractivity contribution in [2.24, 2.45) is 5.92 Å². The van der Waals surface area contributed by atoms with Gasteiger partial charge in [0.15, 0.2) is 0 Å². The van der Waals surface area contributed by atoms with E-state index in [0.29, 0.717) is 6.42 Å². The molecule has 0 rings (SSSR count). The molecule has 19 heavy (non-hydrogen) atoms. The Bertz CT molecular complexity index is 313. The van der Waals surface area contributed by atoms with Gasteiger partial charge in [-0.15, -0.1) is 0 Å². The van der Waals surface area contributed by atoms with Crippen molar-refractivity contribution >= 4 is 23.8 Å². The number of hydrogen-bond donors (Lipinski definition) is 3. The number of urea groups is 1. The molecule has 1 unspecified atom stereocenters. The number of halogens is 3. The minimum atomic E-state index is -4.33. The third-order valence-electron chi connectivity index (χ3n) is 2.42. The van der Waals surface area contributed by atoms with E-state index < -0.39 is 23.6 Å². The van der Waals surface area contributed by atoms with Gasteiger partial charge < -0.3 is 15.7 Å². The predicted octanol–water partition coefficient (Wildman–Crippen LogP) is 2.04. The summed E-state index contributed by atoms with van der Waals surface area (Å²) >= 11 is -0.247. The highest BCUT2D eigenvalue weighted by Crippen LogP contribution is 2.29. The first-order chi connectivity index (χ1) is 8.67. The van der Waals surface area contributed by atoms with E-state index in [4.69, 9.17) is 5.11 Å². The fraction of sp³-hybridized carbons (Fsp3) is 0.800. The first kappa shape index (κ1) is 17.9. The lowest BCUT2D eigenvalue weighted by Crippen LogP contribution is -2.49. The SMILES string of the molecule is CCC(C)[C@H](NC(=O)NCCSC(F)(F)F)C(=O)O. The van der Waals surface area contributed by atoms with Crippen LogP contribution in [0, 0.1) is 5.92 Å².